The highest BCUT2D eigenvalue weighted by Crippen LogP contribution is 2.39. The molecule has 2 aromatic rings. The van der Waals surface area contributed by atoms with E-state index in [0.29, 0.717) is 12.0 Å². The molecular weight excluding hydrogens is 326 g/mol. The van der Waals surface area contributed by atoms with Gasteiger partial charge in [-0.2, -0.15) is 4.31 Å². The fraction of sp³-hybridized carbons (Fsp3) is 0.429. The summed E-state index contributed by atoms with van der Waals surface area (Å²) in [5, 5.41) is 8.12. The Morgan fingerprint density at radius 3 is 2.61 bits per heavy atom. The summed E-state index contributed by atoms with van der Waals surface area (Å²) in [6.45, 7) is 0.345. The Morgan fingerprint density at radius 1 is 1.17 bits per heavy atom. The number of sulfonamides is 1. The minimum Gasteiger partial charge on any atom is -0.247 e. The zero-order chi connectivity index (χ0) is 16.2. The minimum atomic E-state index is -4.04. The topological polar surface area (TPSA) is 68.1 Å². The first kappa shape index (κ1) is 14.7. The number of hydrogen-bond acceptors (Lipinski definition) is 4. The smallest absolute Gasteiger partial charge is 0.246 e. The summed E-state index contributed by atoms with van der Waals surface area (Å²) in [7, 11) is -4.04. The van der Waals surface area contributed by atoms with Crippen LogP contribution in [0.25, 0.3) is 0 Å². The molecule has 1 aromatic heterocycles. The third-order valence-electron chi connectivity index (χ3n) is 4.24. The molecule has 23 heavy (non-hydrogen) atoms. The Labute approximate surface area is 131 Å². The van der Waals surface area contributed by atoms with Crippen molar-refractivity contribution in [3.05, 3.63) is 41.7 Å². The first-order valence-corrected chi connectivity index (χ1v) is 8.76. The Bertz CT molecular complexity index is 857. The van der Waals surface area contributed by atoms with Gasteiger partial charge in [0.25, 0.3) is 0 Å². The van der Waals surface area contributed by atoms with Crippen LogP contribution in [0.4, 0.5) is 8.78 Å². The number of halogens is 2. The summed E-state index contributed by atoms with van der Waals surface area (Å²) in [6, 6.07) is 2.29. The maximum Gasteiger partial charge on any atom is 0.246 e. The standard InChI is InChI=1S/C14H14F2N4O2S/c15-10-3-4-12(16)14(5-10)23(21,22)19-6-11(7-19)20-8-13(17-18-20)9-1-2-9/h3-5,8-9,11H,1-2,6-7H2. The summed E-state index contributed by atoms with van der Waals surface area (Å²) in [4.78, 5) is -0.631. The summed E-state index contributed by atoms with van der Waals surface area (Å²) in [6.07, 6.45) is 4.07. The van der Waals surface area contributed by atoms with Crippen LogP contribution in [-0.4, -0.2) is 40.8 Å². The number of benzene rings is 1. The lowest BCUT2D eigenvalue weighted by Gasteiger charge is -2.37. The normalized spacial score (nSPS) is 19.7. The molecular formula is C14H14F2N4O2S. The SMILES string of the molecule is O=S(=O)(c1cc(F)ccc1F)N1CC(n2cc(C3CC3)nn2)C1. The Morgan fingerprint density at radius 2 is 1.91 bits per heavy atom. The highest BCUT2D eigenvalue weighted by Gasteiger charge is 2.40. The van der Waals surface area contributed by atoms with Crippen molar-refractivity contribution >= 4 is 10.0 Å². The first-order valence-electron chi connectivity index (χ1n) is 7.32. The molecule has 0 spiro atoms. The van der Waals surface area contributed by atoms with E-state index in [-0.39, 0.29) is 19.1 Å². The molecule has 1 saturated carbocycles. The highest BCUT2D eigenvalue weighted by molar-refractivity contribution is 7.89. The second kappa shape index (κ2) is 5.07. The van der Waals surface area contributed by atoms with Gasteiger partial charge in [-0.1, -0.05) is 5.21 Å². The van der Waals surface area contributed by atoms with E-state index in [1.165, 1.54) is 0 Å². The van der Waals surface area contributed by atoms with E-state index < -0.39 is 26.6 Å². The van der Waals surface area contributed by atoms with Gasteiger partial charge < -0.3 is 0 Å². The van der Waals surface area contributed by atoms with E-state index in [1.807, 2.05) is 6.20 Å². The predicted molar refractivity (Wildman–Crippen MR) is 76.2 cm³/mol. The average molecular weight is 340 g/mol. The number of nitrogens with zero attached hydrogens (tertiary/aromatic N) is 4. The molecule has 2 heterocycles. The van der Waals surface area contributed by atoms with Crippen molar-refractivity contribution in [1.82, 2.24) is 19.3 Å². The molecule has 0 N–H and O–H groups in total. The molecule has 0 bridgehead atoms. The molecule has 2 fully saturated rings. The molecule has 0 unspecified atom stereocenters. The zero-order valence-electron chi connectivity index (χ0n) is 12.1. The molecule has 0 atom stereocenters. The first-order chi connectivity index (χ1) is 10.9. The maximum absolute atomic E-state index is 13.7. The lowest BCUT2D eigenvalue weighted by molar-refractivity contribution is 0.188. The molecule has 9 heteroatoms. The van der Waals surface area contributed by atoms with Gasteiger partial charge in [0.05, 0.1) is 11.7 Å². The molecule has 1 aromatic carbocycles. The van der Waals surface area contributed by atoms with Crippen LogP contribution in [0.2, 0.25) is 0 Å². The Kier molecular flexibility index (Phi) is 3.24. The molecule has 0 radical (unpaired) electrons. The third kappa shape index (κ3) is 2.53. The van der Waals surface area contributed by atoms with E-state index in [0.717, 1.165) is 35.0 Å². The number of hydrogen-bond donors (Lipinski definition) is 0. The summed E-state index contributed by atoms with van der Waals surface area (Å²) in [5.41, 5.74) is 0.933. The van der Waals surface area contributed by atoms with Crippen molar-refractivity contribution < 1.29 is 17.2 Å². The van der Waals surface area contributed by atoms with Crippen LogP contribution in [0, 0.1) is 11.6 Å². The van der Waals surface area contributed by atoms with Crippen molar-refractivity contribution in [3.63, 3.8) is 0 Å². The van der Waals surface area contributed by atoms with E-state index in [2.05, 4.69) is 10.3 Å². The molecule has 4 rings (SSSR count). The van der Waals surface area contributed by atoms with Gasteiger partial charge in [-0.25, -0.2) is 21.9 Å². The molecule has 0 amide bonds. The number of aromatic nitrogens is 3. The van der Waals surface area contributed by atoms with Crippen molar-refractivity contribution in [2.24, 2.45) is 0 Å². The average Bonchev–Trinajstić information content (AvgIpc) is 3.19. The van der Waals surface area contributed by atoms with Crippen molar-refractivity contribution in [1.29, 1.82) is 0 Å². The highest BCUT2D eigenvalue weighted by atomic mass is 32.2. The third-order valence-corrected chi connectivity index (χ3v) is 6.08. The lowest BCUT2D eigenvalue weighted by Crippen LogP contribution is -2.50. The molecule has 1 aliphatic heterocycles. The van der Waals surface area contributed by atoms with E-state index in [1.54, 1.807) is 4.68 Å². The van der Waals surface area contributed by atoms with Crippen LogP contribution in [0.3, 0.4) is 0 Å². The van der Waals surface area contributed by atoms with Crippen LogP contribution in [0.5, 0.6) is 0 Å². The molecule has 122 valence electrons. The van der Waals surface area contributed by atoms with E-state index in [4.69, 9.17) is 0 Å². The van der Waals surface area contributed by atoms with Gasteiger partial charge in [0.2, 0.25) is 10.0 Å². The Hall–Kier alpha value is -1.87. The van der Waals surface area contributed by atoms with Crippen LogP contribution in [0.15, 0.2) is 29.3 Å². The van der Waals surface area contributed by atoms with Gasteiger partial charge in [0, 0.05) is 25.2 Å². The van der Waals surface area contributed by atoms with Crippen molar-refractivity contribution in [2.45, 2.75) is 29.7 Å². The molecule has 1 saturated heterocycles. The Balaban J connectivity index is 1.50. The monoisotopic (exact) mass is 340 g/mol. The van der Waals surface area contributed by atoms with Crippen LogP contribution >= 0.6 is 0 Å². The summed E-state index contributed by atoms with van der Waals surface area (Å²) in [5.74, 6) is -1.26. The van der Waals surface area contributed by atoms with E-state index >= 15 is 0 Å². The van der Waals surface area contributed by atoms with Gasteiger partial charge >= 0.3 is 0 Å². The predicted octanol–water partition coefficient (Wildman–Crippen LogP) is 1.68. The van der Waals surface area contributed by atoms with Crippen molar-refractivity contribution in [3.8, 4) is 0 Å². The maximum atomic E-state index is 13.7. The quantitative estimate of drug-likeness (QED) is 0.849. The fourth-order valence-electron chi connectivity index (χ4n) is 2.63. The second-order valence-electron chi connectivity index (χ2n) is 5.95. The fourth-order valence-corrected chi connectivity index (χ4v) is 4.22. The van der Waals surface area contributed by atoms with Gasteiger partial charge in [0.15, 0.2) is 0 Å². The van der Waals surface area contributed by atoms with Crippen molar-refractivity contribution in [2.75, 3.05) is 13.1 Å². The van der Waals surface area contributed by atoms with Gasteiger partial charge in [-0.05, 0) is 31.0 Å². The van der Waals surface area contributed by atoms with Crippen LogP contribution in [0.1, 0.15) is 30.5 Å². The molecule has 2 aliphatic rings. The second-order valence-corrected chi connectivity index (χ2v) is 7.85. The van der Waals surface area contributed by atoms with Gasteiger partial charge in [-0.15, -0.1) is 5.10 Å². The zero-order valence-corrected chi connectivity index (χ0v) is 12.9. The van der Waals surface area contributed by atoms with E-state index in [9.17, 15) is 17.2 Å². The molecule has 6 nitrogen and oxygen atoms in total. The van der Waals surface area contributed by atoms with Crippen LogP contribution < -0.4 is 0 Å². The lowest BCUT2D eigenvalue weighted by atomic mass is 10.2. The summed E-state index contributed by atoms with van der Waals surface area (Å²) < 4.78 is 54.4. The van der Waals surface area contributed by atoms with Gasteiger partial charge in [-0.3, -0.25) is 0 Å². The largest absolute Gasteiger partial charge is 0.247 e. The summed E-state index contributed by atoms with van der Waals surface area (Å²) >= 11 is 0. The minimum absolute atomic E-state index is 0.124. The van der Waals surface area contributed by atoms with Crippen LogP contribution in [-0.2, 0) is 10.0 Å². The molecule has 1 aliphatic carbocycles. The number of rotatable bonds is 4. The van der Waals surface area contributed by atoms with Gasteiger partial charge in [0.1, 0.15) is 16.5 Å².